The minimum atomic E-state index is 0. The van der Waals surface area contributed by atoms with Crippen LogP contribution in [-0.4, -0.2) is 25.0 Å². The minimum Gasteiger partial charge on any atom is -0.353 e. The molecule has 3 nitrogen and oxygen atoms in total. The van der Waals surface area contributed by atoms with Gasteiger partial charge in [0.05, 0.1) is 6.42 Å². The molecule has 1 aromatic rings. The Morgan fingerprint density at radius 3 is 2.67 bits per heavy atom. The van der Waals surface area contributed by atoms with Crippen LogP contribution in [0.4, 0.5) is 0 Å². The molecule has 100 valence electrons. The summed E-state index contributed by atoms with van der Waals surface area (Å²) in [6, 6.07) is 8.20. The van der Waals surface area contributed by atoms with Crippen molar-refractivity contribution in [2.75, 3.05) is 13.1 Å². The molecule has 0 aromatic heterocycles. The smallest absolute Gasteiger partial charge is 0.224 e. The summed E-state index contributed by atoms with van der Waals surface area (Å²) in [4.78, 5) is 11.9. The van der Waals surface area contributed by atoms with Gasteiger partial charge in [-0.05, 0) is 37.6 Å². The Labute approximate surface area is 122 Å². The van der Waals surface area contributed by atoms with Gasteiger partial charge in [0.1, 0.15) is 0 Å². The molecule has 0 atom stereocenters. The number of rotatable bonds is 3. The van der Waals surface area contributed by atoms with Gasteiger partial charge in [-0.15, -0.1) is 12.4 Å². The Morgan fingerprint density at radius 2 is 2.00 bits per heavy atom. The maximum absolute atomic E-state index is 11.9. The molecule has 0 unspecified atom stereocenters. The van der Waals surface area contributed by atoms with Crippen LogP contribution in [0.2, 0.25) is 0 Å². The second-order valence-corrected chi connectivity index (χ2v) is 5.21. The van der Waals surface area contributed by atoms with Crippen LogP contribution in [0.5, 0.6) is 0 Å². The largest absolute Gasteiger partial charge is 0.353 e. The summed E-state index contributed by atoms with van der Waals surface area (Å²) < 4.78 is 1.00. The van der Waals surface area contributed by atoms with Crippen molar-refractivity contribution in [2.45, 2.75) is 25.3 Å². The number of amides is 1. The molecule has 1 saturated heterocycles. The van der Waals surface area contributed by atoms with Crippen LogP contribution in [0.3, 0.4) is 0 Å². The Hall–Kier alpha value is -0.580. The zero-order valence-corrected chi connectivity index (χ0v) is 12.5. The quantitative estimate of drug-likeness (QED) is 0.891. The molecule has 2 rings (SSSR count). The van der Waals surface area contributed by atoms with Crippen LogP contribution < -0.4 is 10.6 Å². The highest BCUT2D eigenvalue weighted by atomic mass is 79.9. The molecule has 1 fully saturated rings. The summed E-state index contributed by atoms with van der Waals surface area (Å²) in [5.41, 5.74) is 1.04. The third-order valence-corrected chi connectivity index (χ3v) is 3.79. The number of hydrogen-bond acceptors (Lipinski definition) is 2. The molecule has 1 aliphatic heterocycles. The number of hydrogen-bond donors (Lipinski definition) is 2. The van der Waals surface area contributed by atoms with Crippen molar-refractivity contribution in [2.24, 2.45) is 0 Å². The molecule has 1 aromatic carbocycles. The molecule has 0 saturated carbocycles. The van der Waals surface area contributed by atoms with Crippen LogP contribution >= 0.6 is 28.3 Å². The standard InChI is InChI=1S/C13H17BrN2O.ClH/c14-12-4-2-1-3-10(12)9-13(17)16-11-5-7-15-8-6-11;/h1-4,11,15H,5-9H2,(H,16,17);1H. The number of carbonyl (C=O) groups excluding carboxylic acids is 1. The monoisotopic (exact) mass is 332 g/mol. The first-order chi connectivity index (χ1) is 8.25. The van der Waals surface area contributed by atoms with Crippen molar-refractivity contribution in [3.05, 3.63) is 34.3 Å². The summed E-state index contributed by atoms with van der Waals surface area (Å²) in [7, 11) is 0. The van der Waals surface area contributed by atoms with Gasteiger partial charge in [0, 0.05) is 10.5 Å². The number of benzene rings is 1. The fourth-order valence-electron chi connectivity index (χ4n) is 2.06. The summed E-state index contributed by atoms with van der Waals surface area (Å²) in [6.45, 7) is 2.00. The Kier molecular flexibility index (Phi) is 6.68. The average molecular weight is 334 g/mol. The average Bonchev–Trinajstić information content (AvgIpc) is 2.33. The molecule has 1 heterocycles. The minimum absolute atomic E-state index is 0. The molecule has 18 heavy (non-hydrogen) atoms. The molecule has 5 heteroatoms. The highest BCUT2D eigenvalue weighted by molar-refractivity contribution is 9.10. The lowest BCUT2D eigenvalue weighted by molar-refractivity contribution is -0.121. The van der Waals surface area contributed by atoms with Crippen LogP contribution in [-0.2, 0) is 11.2 Å². The molecule has 0 radical (unpaired) electrons. The first kappa shape index (κ1) is 15.5. The normalized spacial score (nSPS) is 15.8. The molecule has 0 bridgehead atoms. The van der Waals surface area contributed by atoms with E-state index in [1.807, 2.05) is 24.3 Å². The van der Waals surface area contributed by atoms with E-state index in [1.54, 1.807) is 0 Å². The molecule has 1 aliphatic rings. The van der Waals surface area contributed by atoms with Crippen molar-refractivity contribution < 1.29 is 4.79 Å². The van der Waals surface area contributed by atoms with Gasteiger partial charge in [-0.3, -0.25) is 4.79 Å². The van der Waals surface area contributed by atoms with Gasteiger partial charge in [-0.25, -0.2) is 0 Å². The topological polar surface area (TPSA) is 41.1 Å². The van der Waals surface area contributed by atoms with Gasteiger partial charge in [-0.1, -0.05) is 34.1 Å². The maximum atomic E-state index is 11.9. The molecular weight excluding hydrogens is 316 g/mol. The number of piperidine rings is 1. The van der Waals surface area contributed by atoms with E-state index in [1.165, 1.54) is 0 Å². The lowest BCUT2D eigenvalue weighted by Crippen LogP contribution is -2.43. The molecule has 1 amide bonds. The van der Waals surface area contributed by atoms with Gasteiger partial charge in [0.2, 0.25) is 5.91 Å². The predicted molar refractivity (Wildman–Crippen MR) is 79.1 cm³/mol. The zero-order valence-electron chi connectivity index (χ0n) is 10.1. The molecular formula is C13H18BrClN2O. The lowest BCUT2D eigenvalue weighted by atomic mass is 10.1. The molecule has 0 aliphatic carbocycles. The van der Waals surface area contributed by atoms with Crippen LogP contribution in [0, 0.1) is 0 Å². The van der Waals surface area contributed by atoms with Crippen LogP contribution in [0.15, 0.2) is 28.7 Å². The van der Waals surface area contributed by atoms with Crippen LogP contribution in [0.1, 0.15) is 18.4 Å². The van der Waals surface area contributed by atoms with E-state index < -0.39 is 0 Å². The van der Waals surface area contributed by atoms with Gasteiger partial charge >= 0.3 is 0 Å². The predicted octanol–water partition coefficient (Wildman–Crippen LogP) is 2.28. The molecule has 0 spiro atoms. The Bertz CT molecular complexity index is 394. The van der Waals surface area contributed by atoms with E-state index in [9.17, 15) is 4.79 Å². The summed E-state index contributed by atoms with van der Waals surface area (Å²) in [6.07, 6.45) is 2.51. The fourth-order valence-corrected chi connectivity index (χ4v) is 2.48. The van der Waals surface area contributed by atoms with Gasteiger partial charge < -0.3 is 10.6 Å². The van der Waals surface area contributed by atoms with E-state index >= 15 is 0 Å². The molecule has 2 N–H and O–H groups in total. The van der Waals surface area contributed by atoms with Gasteiger partial charge in [0.15, 0.2) is 0 Å². The van der Waals surface area contributed by atoms with Crippen LogP contribution in [0.25, 0.3) is 0 Å². The Balaban J connectivity index is 0.00000162. The van der Waals surface area contributed by atoms with Gasteiger partial charge in [-0.2, -0.15) is 0 Å². The SMILES string of the molecule is Cl.O=C(Cc1ccccc1Br)NC1CCNCC1. The van der Waals surface area contributed by atoms with E-state index in [0.29, 0.717) is 12.5 Å². The van der Waals surface area contributed by atoms with Gasteiger partial charge in [0.25, 0.3) is 0 Å². The number of halogens is 2. The van der Waals surface area contributed by atoms with E-state index in [0.717, 1.165) is 36.0 Å². The first-order valence-electron chi connectivity index (χ1n) is 5.99. The van der Waals surface area contributed by atoms with E-state index in [2.05, 4.69) is 26.6 Å². The van der Waals surface area contributed by atoms with Crippen molar-refractivity contribution in [1.82, 2.24) is 10.6 Å². The third kappa shape index (κ3) is 4.59. The van der Waals surface area contributed by atoms with Crippen molar-refractivity contribution >= 4 is 34.2 Å². The maximum Gasteiger partial charge on any atom is 0.224 e. The summed E-state index contributed by atoms with van der Waals surface area (Å²) >= 11 is 3.46. The third-order valence-electron chi connectivity index (χ3n) is 3.01. The van der Waals surface area contributed by atoms with E-state index in [4.69, 9.17) is 0 Å². The fraction of sp³-hybridized carbons (Fsp3) is 0.462. The first-order valence-corrected chi connectivity index (χ1v) is 6.78. The summed E-state index contributed by atoms with van der Waals surface area (Å²) in [5.74, 6) is 0.115. The Morgan fingerprint density at radius 1 is 1.33 bits per heavy atom. The van der Waals surface area contributed by atoms with Crippen molar-refractivity contribution in [3.8, 4) is 0 Å². The number of nitrogens with one attached hydrogen (secondary N) is 2. The summed E-state index contributed by atoms with van der Waals surface area (Å²) in [5, 5.41) is 6.38. The highest BCUT2D eigenvalue weighted by Gasteiger charge is 2.15. The number of carbonyl (C=O) groups is 1. The highest BCUT2D eigenvalue weighted by Crippen LogP contribution is 2.16. The lowest BCUT2D eigenvalue weighted by Gasteiger charge is -2.23. The van der Waals surface area contributed by atoms with Crippen molar-refractivity contribution in [1.29, 1.82) is 0 Å². The van der Waals surface area contributed by atoms with Crippen molar-refractivity contribution in [3.63, 3.8) is 0 Å². The second-order valence-electron chi connectivity index (χ2n) is 4.36. The van der Waals surface area contributed by atoms with E-state index in [-0.39, 0.29) is 18.3 Å². The second kappa shape index (κ2) is 7.77. The zero-order chi connectivity index (χ0) is 12.1.